The molecule has 4 rings (SSSR count). The quantitative estimate of drug-likeness (QED) is 0.618. The van der Waals surface area contributed by atoms with Crippen LogP contribution in [0.3, 0.4) is 0 Å². The summed E-state index contributed by atoms with van der Waals surface area (Å²) < 4.78 is 20.6. The third-order valence-electron chi connectivity index (χ3n) is 6.52. The number of benzene rings is 1. The standard InChI is InChI=1S/C24H28FN3O5/c1-3-14-4-9-17(10-14)33-19-12-28-11-18(21(29)22(30)20(28)24(32)27-19)23(31)26-13(2)15-5-7-16(25)8-6-15/h5-8,11,13-14,17,19,30H,3-4,9-10,12H2,1-2H3,(H,26,31)(H,27,32)/t13-,14+,17-,19-/m1/s1. The third kappa shape index (κ3) is 4.78. The molecule has 2 heterocycles. The van der Waals surface area contributed by atoms with Crippen LogP contribution in [0.1, 0.15) is 72.0 Å². The van der Waals surface area contributed by atoms with Crippen molar-refractivity contribution in [2.45, 2.75) is 64.4 Å². The number of carbonyl (C=O) groups excluding carboxylic acids is 2. The molecule has 9 heteroatoms. The highest BCUT2D eigenvalue weighted by molar-refractivity contribution is 5.99. The first kappa shape index (κ1) is 23.0. The van der Waals surface area contributed by atoms with Gasteiger partial charge in [-0.3, -0.25) is 14.4 Å². The smallest absolute Gasteiger partial charge is 0.273 e. The fourth-order valence-electron chi connectivity index (χ4n) is 4.57. The molecule has 0 unspecified atom stereocenters. The zero-order valence-corrected chi connectivity index (χ0v) is 18.6. The van der Waals surface area contributed by atoms with Gasteiger partial charge in [0.1, 0.15) is 17.6 Å². The number of amides is 2. The van der Waals surface area contributed by atoms with E-state index in [4.69, 9.17) is 4.74 Å². The Kier molecular flexibility index (Phi) is 6.51. The van der Waals surface area contributed by atoms with Crippen LogP contribution in [0.25, 0.3) is 0 Å². The van der Waals surface area contributed by atoms with Crippen molar-refractivity contribution in [1.82, 2.24) is 15.2 Å². The number of nitrogens with zero attached hydrogens (tertiary/aromatic N) is 1. The van der Waals surface area contributed by atoms with Crippen LogP contribution in [-0.2, 0) is 11.3 Å². The predicted molar refractivity (Wildman–Crippen MR) is 118 cm³/mol. The minimum Gasteiger partial charge on any atom is -0.503 e. The van der Waals surface area contributed by atoms with Gasteiger partial charge < -0.3 is 25.0 Å². The Morgan fingerprint density at radius 3 is 2.70 bits per heavy atom. The Hall–Kier alpha value is -3.20. The van der Waals surface area contributed by atoms with E-state index in [2.05, 4.69) is 17.6 Å². The SMILES string of the molecule is CC[C@H]1CC[C@@H](O[C@@H]2Cn3cc(C(=O)N[C@H](C)c4ccc(F)cc4)c(=O)c(O)c3C(=O)N2)C1. The summed E-state index contributed by atoms with van der Waals surface area (Å²) in [4.78, 5) is 38.1. The first-order valence-corrected chi connectivity index (χ1v) is 11.3. The maximum atomic E-state index is 13.2. The van der Waals surface area contributed by atoms with Gasteiger partial charge >= 0.3 is 0 Å². The maximum Gasteiger partial charge on any atom is 0.273 e. The van der Waals surface area contributed by atoms with Crippen LogP contribution in [0.2, 0.25) is 0 Å². The summed E-state index contributed by atoms with van der Waals surface area (Å²) in [7, 11) is 0. The Morgan fingerprint density at radius 1 is 1.30 bits per heavy atom. The van der Waals surface area contributed by atoms with Crippen molar-refractivity contribution in [3.05, 3.63) is 63.3 Å². The van der Waals surface area contributed by atoms with Gasteiger partial charge in [-0.25, -0.2) is 4.39 Å². The number of pyridine rings is 1. The predicted octanol–water partition coefficient (Wildman–Crippen LogP) is 2.85. The number of ether oxygens (including phenoxy) is 1. The van der Waals surface area contributed by atoms with Crippen molar-refractivity contribution in [2.75, 3.05) is 0 Å². The molecule has 3 N–H and O–H groups in total. The lowest BCUT2D eigenvalue weighted by molar-refractivity contribution is -0.0376. The van der Waals surface area contributed by atoms with Gasteiger partial charge in [-0.1, -0.05) is 25.5 Å². The maximum absolute atomic E-state index is 13.2. The highest BCUT2D eigenvalue weighted by Crippen LogP contribution is 2.31. The Bertz CT molecular complexity index is 1110. The van der Waals surface area contributed by atoms with Crippen molar-refractivity contribution in [3.8, 4) is 5.75 Å². The minimum absolute atomic E-state index is 0.0362. The number of nitrogens with one attached hydrogen (secondary N) is 2. The highest BCUT2D eigenvalue weighted by atomic mass is 19.1. The first-order valence-electron chi connectivity index (χ1n) is 11.3. The van der Waals surface area contributed by atoms with Crippen molar-refractivity contribution >= 4 is 11.8 Å². The zero-order chi connectivity index (χ0) is 23.7. The molecule has 2 aromatic rings. The van der Waals surface area contributed by atoms with Crippen LogP contribution in [0.4, 0.5) is 4.39 Å². The van der Waals surface area contributed by atoms with Gasteiger partial charge in [0.15, 0.2) is 11.4 Å². The minimum atomic E-state index is -0.929. The van der Waals surface area contributed by atoms with Crippen molar-refractivity contribution < 1.29 is 23.8 Å². The normalized spacial score (nSPS) is 23.0. The molecule has 1 saturated carbocycles. The lowest BCUT2D eigenvalue weighted by Gasteiger charge is -2.30. The average Bonchev–Trinajstić information content (AvgIpc) is 3.23. The van der Waals surface area contributed by atoms with E-state index in [1.54, 1.807) is 6.92 Å². The third-order valence-corrected chi connectivity index (χ3v) is 6.52. The largest absolute Gasteiger partial charge is 0.503 e. The molecule has 1 aromatic heterocycles. The van der Waals surface area contributed by atoms with E-state index in [9.17, 15) is 23.9 Å². The van der Waals surface area contributed by atoms with Gasteiger partial charge in [0.05, 0.1) is 18.7 Å². The Labute approximate surface area is 190 Å². The van der Waals surface area contributed by atoms with Crippen LogP contribution in [0, 0.1) is 11.7 Å². The average molecular weight is 458 g/mol. The van der Waals surface area contributed by atoms with E-state index >= 15 is 0 Å². The molecule has 8 nitrogen and oxygen atoms in total. The van der Waals surface area contributed by atoms with E-state index in [1.807, 2.05) is 0 Å². The van der Waals surface area contributed by atoms with Gasteiger partial charge in [-0.05, 0) is 49.8 Å². The van der Waals surface area contributed by atoms with Gasteiger partial charge in [-0.15, -0.1) is 0 Å². The molecule has 4 atom stereocenters. The number of aromatic hydroxyl groups is 1. The van der Waals surface area contributed by atoms with E-state index in [0.717, 1.165) is 25.7 Å². The molecule has 33 heavy (non-hydrogen) atoms. The molecule has 0 radical (unpaired) electrons. The molecule has 2 amide bonds. The van der Waals surface area contributed by atoms with Crippen LogP contribution < -0.4 is 16.1 Å². The summed E-state index contributed by atoms with van der Waals surface area (Å²) >= 11 is 0. The van der Waals surface area contributed by atoms with E-state index in [1.165, 1.54) is 35.0 Å². The zero-order valence-electron chi connectivity index (χ0n) is 18.6. The fourth-order valence-corrected chi connectivity index (χ4v) is 4.57. The number of carbonyl (C=O) groups is 2. The molecule has 0 bridgehead atoms. The molecule has 1 aromatic carbocycles. The summed E-state index contributed by atoms with van der Waals surface area (Å²) in [6, 6.07) is 5.13. The van der Waals surface area contributed by atoms with Gasteiger partial charge in [-0.2, -0.15) is 0 Å². The monoisotopic (exact) mass is 457 g/mol. The summed E-state index contributed by atoms with van der Waals surface area (Å²) in [6.07, 6.45) is 4.71. The highest BCUT2D eigenvalue weighted by Gasteiger charge is 2.33. The van der Waals surface area contributed by atoms with E-state index in [-0.39, 0.29) is 23.9 Å². The molecule has 176 valence electrons. The Morgan fingerprint density at radius 2 is 2.03 bits per heavy atom. The van der Waals surface area contributed by atoms with Crippen LogP contribution >= 0.6 is 0 Å². The van der Waals surface area contributed by atoms with Crippen molar-refractivity contribution in [3.63, 3.8) is 0 Å². The van der Waals surface area contributed by atoms with Gasteiger partial charge in [0, 0.05) is 6.20 Å². The second kappa shape index (κ2) is 9.35. The molecular formula is C24H28FN3O5. The fraction of sp³-hybridized carbons (Fsp3) is 0.458. The van der Waals surface area contributed by atoms with Gasteiger partial charge in [0.25, 0.3) is 11.8 Å². The van der Waals surface area contributed by atoms with E-state index < -0.39 is 41.1 Å². The molecule has 2 aliphatic rings. The second-order valence-corrected chi connectivity index (χ2v) is 8.78. The number of aromatic nitrogens is 1. The van der Waals surface area contributed by atoms with Crippen LogP contribution in [0.5, 0.6) is 5.75 Å². The van der Waals surface area contributed by atoms with Crippen LogP contribution in [-0.4, -0.2) is 33.8 Å². The van der Waals surface area contributed by atoms with Crippen molar-refractivity contribution in [2.24, 2.45) is 5.92 Å². The Balaban J connectivity index is 1.53. The second-order valence-electron chi connectivity index (χ2n) is 8.78. The molecular weight excluding hydrogens is 429 g/mol. The summed E-state index contributed by atoms with van der Waals surface area (Å²) in [5, 5.41) is 15.8. The van der Waals surface area contributed by atoms with Crippen molar-refractivity contribution in [1.29, 1.82) is 0 Å². The number of hydrogen-bond donors (Lipinski definition) is 3. The molecule has 1 fully saturated rings. The molecule has 0 saturated heterocycles. The lowest BCUT2D eigenvalue weighted by Crippen LogP contribution is -2.48. The summed E-state index contributed by atoms with van der Waals surface area (Å²) in [6.45, 7) is 4.01. The van der Waals surface area contributed by atoms with E-state index in [0.29, 0.717) is 11.5 Å². The van der Waals surface area contributed by atoms with Crippen LogP contribution in [0.15, 0.2) is 35.3 Å². The number of fused-ring (bicyclic) bond motifs is 1. The number of halogens is 1. The van der Waals surface area contributed by atoms with Gasteiger partial charge in [0.2, 0.25) is 5.43 Å². The summed E-state index contributed by atoms with van der Waals surface area (Å²) in [5.74, 6) is -1.89. The first-order chi connectivity index (χ1) is 15.8. The molecule has 1 aliphatic heterocycles. The topological polar surface area (TPSA) is 110 Å². The number of hydrogen-bond acceptors (Lipinski definition) is 5. The summed E-state index contributed by atoms with van der Waals surface area (Å²) in [5.41, 5.74) is -0.755. The lowest BCUT2D eigenvalue weighted by atomic mass is 10.1. The molecule has 0 spiro atoms. The number of rotatable bonds is 6. The molecule has 1 aliphatic carbocycles.